The first-order valence-electron chi connectivity index (χ1n) is 7.19. The van der Waals surface area contributed by atoms with Crippen LogP contribution in [0.15, 0.2) is 60.8 Å². The third-order valence-electron chi connectivity index (χ3n) is 3.32. The molecule has 1 aromatic heterocycles. The average Bonchev–Trinajstić information content (AvgIpc) is 2.63. The van der Waals surface area contributed by atoms with Crippen molar-refractivity contribution in [2.75, 3.05) is 0 Å². The standard InChI is InChI=1S/C17H12N4O4/c18-16(22)17-19-10-9-13(20-17)11-5-7-12(8-6-11)25-15-4-2-1-3-14(15)21(23)24/h1-10H,(H2,18,22). The number of primary amides is 1. The van der Waals surface area contributed by atoms with Gasteiger partial charge in [0.15, 0.2) is 0 Å². The Morgan fingerprint density at radius 3 is 2.48 bits per heavy atom. The summed E-state index contributed by atoms with van der Waals surface area (Å²) < 4.78 is 5.58. The molecule has 3 aromatic rings. The van der Waals surface area contributed by atoms with Crippen LogP contribution < -0.4 is 10.5 Å². The molecule has 1 heterocycles. The first-order chi connectivity index (χ1) is 12.0. The molecule has 8 heteroatoms. The lowest BCUT2D eigenvalue weighted by Crippen LogP contribution is -2.15. The number of carbonyl (C=O) groups excluding carboxylic acids is 1. The van der Waals surface area contributed by atoms with Crippen molar-refractivity contribution in [1.29, 1.82) is 0 Å². The smallest absolute Gasteiger partial charge is 0.311 e. The van der Waals surface area contributed by atoms with Crippen molar-refractivity contribution in [2.45, 2.75) is 0 Å². The van der Waals surface area contributed by atoms with Crippen molar-refractivity contribution in [1.82, 2.24) is 9.97 Å². The highest BCUT2D eigenvalue weighted by atomic mass is 16.6. The first-order valence-corrected chi connectivity index (χ1v) is 7.19. The molecule has 0 unspecified atom stereocenters. The van der Waals surface area contributed by atoms with E-state index in [-0.39, 0.29) is 17.3 Å². The van der Waals surface area contributed by atoms with Gasteiger partial charge in [-0.3, -0.25) is 14.9 Å². The van der Waals surface area contributed by atoms with Gasteiger partial charge in [-0.1, -0.05) is 12.1 Å². The number of nitro benzene ring substituents is 1. The Morgan fingerprint density at radius 1 is 1.08 bits per heavy atom. The van der Waals surface area contributed by atoms with E-state index in [4.69, 9.17) is 10.5 Å². The van der Waals surface area contributed by atoms with E-state index in [2.05, 4.69) is 9.97 Å². The van der Waals surface area contributed by atoms with Gasteiger partial charge in [-0.15, -0.1) is 0 Å². The monoisotopic (exact) mass is 336 g/mol. The van der Waals surface area contributed by atoms with Gasteiger partial charge >= 0.3 is 5.69 Å². The third kappa shape index (κ3) is 3.58. The van der Waals surface area contributed by atoms with Crippen molar-refractivity contribution < 1.29 is 14.5 Å². The molecule has 0 atom stereocenters. The lowest BCUT2D eigenvalue weighted by atomic mass is 10.1. The summed E-state index contributed by atoms with van der Waals surface area (Å²) in [6, 6.07) is 14.5. The van der Waals surface area contributed by atoms with Crippen LogP contribution in [0.3, 0.4) is 0 Å². The number of amides is 1. The van der Waals surface area contributed by atoms with Gasteiger partial charge < -0.3 is 10.5 Å². The van der Waals surface area contributed by atoms with E-state index in [1.807, 2.05) is 0 Å². The Labute approximate surface area is 142 Å². The topological polar surface area (TPSA) is 121 Å². The van der Waals surface area contributed by atoms with Crippen molar-refractivity contribution in [2.24, 2.45) is 5.73 Å². The summed E-state index contributed by atoms with van der Waals surface area (Å²) in [7, 11) is 0. The number of aromatic nitrogens is 2. The lowest BCUT2D eigenvalue weighted by Gasteiger charge is -2.07. The second kappa shape index (κ2) is 6.75. The summed E-state index contributed by atoms with van der Waals surface area (Å²) in [5, 5.41) is 11.0. The second-order valence-electron chi connectivity index (χ2n) is 4.98. The largest absolute Gasteiger partial charge is 0.450 e. The maximum absolute atomic E-state index is 11.2. The van der Waals surface area contributed by atoms with Crippen LogP contribution in [-0.2, 0) is 0 Å². The van der Waals surface area contributed by atoms with Gasteiger partial charge in [0.05, 0.1) is 10.6 Å². The maximum Gasteiger partial charge on any atom is 0.311 e. The van der Waals surface area contributed by atoms with Gasteiger partial charge in [0, 0.05) is 17.8 Å². The van der Waals surface area contributed by atoms with Crippen LogP contribution in [0.5, 0.6) is 11.5 Å². The number of benzene rings is 2. The molecule has 0 aliphatic carbocycles. The zero-order chi connectivity index (χ0) is 17.8. The fraction of sp³-hybridized carbons (Fsp3) is 0. The van der Waals surface area contributed by atoms with Crippen LogP contribution in [0.25, 0.3) is 11.3 Å². The van der Waals surface area contributed by atoms with Crippen LogP contribution in [0, 0.1) is 10.1 Å². The number of nitrogens with two attached hydrogens (primary N) is 1. The summed E-state index contributed by atoms with van der Waals surface area (Å²) in [5.74, 6) is -0.198. The van der Waals surface area contributed by atoms with Gasteiger partial charge in [-0.2, -0.15) is 0 Å². The van der Waals surface area contributed by atoms with Gasteiger partial charge in [0.25, 0.3) is 5.91 Å². The van der Waals surface area contributed by atoms with Crippen molar-refractivity contribution in [3.05, 3.63) is 76.7 Å². The molecule has 0 aliphatic heterocycles. The normalized spacial score (nSPS) is 10.2. The molecule has 0 radical (unpaired) electrons. The van der Waals surface area contributed by atoms with Crippen molar-refractivity contribution in [3.8, 4) is 22.8 Å². The number of ether oxygens (including phenoxy) is 1. The van der Waals surface area contributed by atoms with Crippen molar-refractivity contribution in [3.63, 3.8) is 0 Å². The molecular weight excluding hydrogens is 324 g/mol. The number of hydrogen-bond acceptors (Lipinski definition) is 6. The summed E-state index contributed by atoms with van der Waals surface area (Å²) in [4.78, 5) is 29.5. The molecule has 3 rings (SSSR count). The van der Waals surface area contributed by atoms with Gasteiger partial charge in [0.1, 0.15) is 5.75 Å². The minimum atomic E-state index is -0.710. The molecule has 0 saturated heterocycles. The summed E-state index contributed by atoms with van der Waals surface area (Å²) in [6.07, 6.45) is 1.44. The number of carbonyl (C=O) groups is 1. The van der Waals surface area contributed by atoms with E-state index in [1.165, 1.54) is 18.3 Å². The predicted octanol–water partition coefficient (Wildman–Crippen LogP) is 2.94. The van der Waals surface area contributed by atoms with Crippen LogP contribution in [0.1, 0.15) is 10.6 Å². The number of hydrogen-bond donors (Lipinski definition) is 1. The highest BCUT2D eigenvalue weighted by Crippen LogP contribution is 2.31. The molecule has 8 nitrogen and oxygen atoms in total. The van der Waals surface area contributed by atoms with Gasteiger partial charge in [-0.25, -0.2) is 9.97 Å². The SMILES string of the molecule is NC(=O)c1nccc(-c2ccc(Oc3ccccc3[N+](=O)[O-])cc2)n1. The molecule has 0 spiro atoms. The quantitative estimate of drug-likeness (QED) is 0.564. The molecular formula is C17H12N4O4. The number of nitrogens with zero attached hydrogens (tertiary/aromatic N) is 3. The molecule has 2 aromatic carbocycles. The predicted molar refractivity (Wildman–Crippen MR) is 89.2 cm³/mol. The van der Waals surface area contributed by atoms with E-state index in [0.29, 0.717) is 11.4 Å². The molecule has 1 amide bonds. The molecule has 25 heavy (non-hydrogen) atoms. The minimum absolute atomic E-state index is 0.0715. The van der Waals surface area contributed by atoms with Gasteiger partial charge in [-0.05, 0) is 36.4 Å². The van der Waals surface area contributed by atoms with E-state index in [1.54, 1.807) is 42.5 Å². The lowest BCUT2D eigenvalue weighted by molar-refractivity contribution is -0.385. The van der Waals surface area contributed by atoms with Crippen molar-refractivity contribution >= 4 is 11.6 Å². The highest BCUT2D eigenvalue weighted by molar-refractivity contribution is 5.89. The maximum atomic E-state index is 11.2. The number of nitro groups is 1. The average molecular weight is 336 g/mol. The number of rotatable bonds is 5. The Balaban J connectivity index is 1.85. The Bertz CT molecular complexity index is 941. The second-order valence-corrected chi connectivity index (χ2v) is 4.98. The van der Waals surface area contributed by atoms with E-state index < -0.39 is 10.8 Å². The zero-order valence-corrected chi connectivity index (χ0v) is 12.8. The summed E-state index contributed by atoms with van der Waals surface area (Å²) in [6.45, 7) is 0. The molecule has 0 saturated carbocycles. The Morgan fingerprint density at radius 2 is 1.80 bits per heavy atom. The zero-order valence-electron chi connectivity index (χ0n) is 12.8. The fourth-order valence-corrected chi connectivity index (χ4v) is 2.15. The minimum Gasteiger partial charge on any atom is -0.450 e. The fourth-order valence-electron chi connectivity index (χ4n) is 2.15. The first kappa shape index (κ1) is 16.1. The van der Waals surface area contributed by atoms with Crippen LogP contribution in [0.2, 0.25) is 0 Å². The van der Waals surface area contributed by atoms with E-state index in [9.17, 15) is 14.9 Å². The molecule has 2 N–H and O–H groups in total. The van der Waals surface area contributed by atoms with Crippen LogP contribution in [-0.4, -0.2) is 20.8 Å². The number of para-hydroxylation sites is 2. The third-order valence-corrected chi connectivity index (χ3v) is 3.32. The van der Waals surface area contributed by atoms with Gasteiger partial charge in [0.2, 0.25) is 11.6 Å². The molecule has 0 bridgehead atoms. The van der Waals surface area contributed by atoms with Crippen LogP contribution >= 0.6 is 0 Å². The molecule has 124 valence electrons. The summed E-state index contributed by atoms with van der Waals surface area (Å²) >= 11 is 0. The Kier molecular flexibility index (Phi) is 4.34. The summed E-state index contributed by atoms with van der Waals surface area (Å²) in [5.41, 5.74) is 6.30. The van der Waals surface area contributed by atoms with E-state index >= 15 is 0 Å². The van der Waals surface area contributed by atoms with E-state index in [0.717, 1.165) is 5.56 Å². The Hall–Kier alpha value is -3.81. The van der Waals surface area contributed by atoms with Crippen LogP contribution in [0.4, 0.5) is 5.69 Å². The molecule has 0 aliphatic rings. The molecule has 0 fully saturated rings. The highest BCUT2D eigenvalue weighted by Gasteiger charge is 2.14.